The summed E-state index contributed by atoms with van der Waals surface area (Å²) in [7, 11) is 0. The third kappa shape index (κ3) is 1.89. The molecule has 0 unspecified atom stereocenters. The summed E-state index contributed by atoms with van der Waals surface area (Å²) in [5.41, 5.74) is 0. The number of nitrogen functional groups attached to an aromatic ring is 1. The van der Waals surface area contributed by atoms with Crippen molar-refractivity contribution >= 4 is 5.82 Å². The topological polar surface area (TPSA) is 80.8 Å². The Balaban J connectivity index is 1.93. The Morgan fingerprint density at radius 1 is 1.54 bits per heavy atom. The normalized spacial score (nSPS) is 18.8. The molecule has 1 aromatic rings. The number of rotatable bonds is 2. The molecule has 2 rings (SSSR count). The standard InChI is InChI=1S/C7H14N6/c8-13-7(5-10-12-13)11-6-1-3-9-4-2-6/h5-6,9,11H,1-4,8H2. The maximum absolute atomic E-state index is 5.52. The Morgan fingerprint density at radius 2 is 2.31 bits per heavy atom. The maximum Gasteiger partial charge on any atom is 0.168 e. The Hall–Kier alpha value is -1.30. The molecule has 0 bridgehead atoms. The van der Waals surface area contributed by atoms with Gasteiger partial charge < -0.3 is 16.5 Å². The number of hydrogen-bond donors (Lipinski definition) is 3. The van der Waals surface area contributed by atoms with E-state index in [9.17, 15) is 0 Å². The number of hydrogen-bond acceptors (Lipinski definition) is 5. The fourth-order valence-electron chi connectivity index (χ4n) is 1.52. The molecule has 0 aliphatic carbocycles. The summed E-state index contributed by atoms with van der Waals surface area (Å²) in [5, 5.41) is 13.9. The molecule has 0 radical (unpaired) electrons. The highest BCUT2D eigenvalue weighted by molar-refractivity contribution is 5.32. The first-order chi connectivity index (χ1) is 6.36. The lowest BCUT2D eigenvalue weighted by Gasteiger charge is -2.23. The van der Waals surface area contributed by atoms with Gasteiger partial charge in [0.2, 0.25) is 0 Å². The van der Waals surface area contributed by atoms with Gasteiger partial charge in [-0.1, -0.05) is 0 Å². The number of nitrogens with zero attached hydrogens (tertiary/aromatic N) is 3. The number of nitrogens with two attached hydrogens (primary N) is 1. The Bertz CT molecular complexity index is 264. The lowest BCUT2D eigenvalue weighted by molar-refractivity contribution is 0.477. The molecule has 72 valence electrons. The maximum atomic E-state index is 5.52. The van der Waals surface area contributed by atoms with Gasteiger partial charge in [0.05, 0.1) is 6.20 Å². The van der Waals surface area contributed by atoms with E-state index in [0.717, 1.165) is 31.7 Å². The van der Waals surface area contributed by atoms with Gasteiger partial charge in [0.15, 0.2) is 5.82 Å². The molecule has 0 spiro atoms. The van der Waals surface area contributed by atoms with E-state index in [-0.39, 0.29) is 0 Å². The van der Waals surface area contributed by atoms with E-state index in [1.807, 2.05) is 0 Å². The van der Waals surface area contributed by atoms with Gasteiger partial charge in [-0.25, -0.2) is 0 Å². The lowest BCUT2D eigenvalue weighted by Crippen LogP contribution is -2.36. The molecule has 1 aliphatic heterocycles. The second kappa shape index (κ2) is 3.61. The fourth-order valence-corrected chi connectivity index (χ4v) is 1.52. The molecule has 1 saturated heterocycles. The van der Waals surface area contributed by atoms with Crippen LogP contribution in [0, 0.1) is 0 Å². The molecule has 0 amide bonds. The highest BCUT2D eigenvalue weighted by Gasteiger charge is 2.13. The summed E-state index contributed by atoms with van der Waals surface area (Å²) in [5.74, 6) is 6.31. The van der Waals surface area contributed by atoms with Gasteiger partial charge in [-0.2, -0.15) is 0 Å². The molecular weight excluding hydrogens is 168 g/mol. The van der Waals surface area contributed by atoms with Gasteiger partial charge >= 0.3 is 0 Å². The quantitative estimate of drug-likeness (QED) is 0.519. The molecular formula is C7H14N6. The zero-order valence-corrected chi connectivity index (χ0v) is 7.40. The van der Waals surface area contributed by atoms with Crippen LogP contribution in [0.15, 0.2) is 6.20 Å². The van der Waals surface area contributed by atoms with Gasteiger partial charge in [-0.15, -0.1) is 9.89 Å². The van der Waals surface area contributed by atoms with Crippen molar-refractivity contribution in [1.29, 1.82) is 0 Å². The lowest BCUT2D eigenvalue weighted by atomic mass is 10.1. The smallest absolute Gasteiger partial charge is 0.168 e. The second-order valence-electron chi connectivity index (χ2n) is 3.23. The van der Waals surface area contributed by atoms with Crippen LogP contribution in [0.3, 0.4) is 0 Å². The predicted octanol–water partition coefficient (Wildman–Crippen LogP) is -0.844. The average molecular weight is 182 g/mol. The molecule has 1 fully saturated rings. The Labute approximate surface area is 76.5 Å². The molecule has 1 aliphatic rings. The molecule has 0 aromatic carbocycles. The van der Waals surface area contributed by atoms with Crippen molar-refractivity contribution in [2.24, 2.45) is 0 Å². The number of piperidine rings is 1. The van der Waals surface area contributed by atoms with E-state index >= 15 is 0 Å². The van der Waals surface area contributed by atoms with Crippen molar-refractivity contribution in [3.8, 4) is 0 Å². The van der Waals surface area contributed by atoms with Crippen LogP contribution in [0.4, 0.5) is 5.82 Å². The van der Waals surface area contributed by atoms with E-state index in [1.165, 1.54) is 4.79 Å². The predicted molar refractivity (Wildman–Crippen MR) is 49.7 cm³/mol. The minimum absolute atomic E-state index is 0.488. The SMILES string of the molecule is Nn1nncc1NC1CCNCC1. The van der Waals surface area contributed by atoms with Crippen molar-refractivity contribution in [3.05, 3.63) is 6.20 Å². The molecule has 2 heterocycles. The fraction of sp³-hybridized carbons (Fsp3) is 0.714. The monoisotopic (exact) mass is 182 g/mol. The van der Waals surface area contributed by atoms with Crippen LogP contribution in [-0.2, 0) is 0 Å². The van der Waals surface area contributed by atoms with Gasteiger partial charge in [0.1, 0.15) is 0 Å². The van der Waals surface area contributed by atoms with Crippen LogP contribution in [0.5, 0.6) is 0 Å². The zero-order valence-electron chi connectivity index (χ0n) is 7.40. The third-order valence-corrected chi connectivity index (χ3v) is 2.27. The largest absolute Gasteiger partial charge is 0.364 e. The van der Waals surface area contributed by atoms with Crippen LogP contribution in [0.2, 0.25) is 0 Å². The summed E-state index contributed by atoms with van der Waals surface area (Å²) >= 11 is 0. The zero-order chi connectivity index (χ0) is 9.10. The molecule has 13 heavy (non-hydrogen) atoms. The Morgan fingerprint density at radius 3 is 2.92 bits per heavy atom. The number of aromatic nitrogens is 3. The van der Waals surface area contributed by atoms with E-state index in [1.54, 1.807) is 6.20 Å². The minimum Gasteiger partial charge on any atom is -0.364 e. The number of nitrogens with one attached hydrogen (secondary N) is 2. The summed E-state index contributed by atoms with van der Waals surface area (Å²) in [6, 6.07) is 0.488. The molecule has 1 aromatic heterocycles. The van der Waals surface area contributed by atoms with E-state index in [4.69, 9.17) is 5.84 Å². The summed E-state index contributed by atoms with van der Waals surface area (Å²) in [6.45, 7) is 2.12. The third-order valence-electron chi connectivity index (χ3n) is 2.27. The van der Waals surface area contributed by atoms with Crippen LogP contribution in [0.25, 0.3) is 0 Å². The van der Waals surface area contributed by atoms with E-state index in [2.05, 4.69) is 20.9 Å². The van der Waals surface area contributed by atoms with Crippen LogP contribution >= 0.6 is 0 Å². The van der Waals surface area contributed by atoms with E-state index in [0.29, 0.717) is 6.04 Å². The summed E-state index contributed by atoms with van der Waals surface area (Å²) in [6.07, 6.45) is 3.87. The summed E-state index contributed by atoms with van der Waals surface area (Å²) in [4.78, 5) is 1.27. The second-order valence-corrected chi connectivity index (χ2v) is 3.23. The van der Waals surface area contributed by atoms with Gasteiger partial charge in [-0.3, -0.25) is 0 Å². The molecule has 6 heteroatoms. The minimum atomic E-state index is 0.488. The van der Waals surface area contributed by atoms with Crippen LogP contribution in [0.1, 0.15) is 12.8 Å². The summed E-state index contributed by atoms with van der Waals surface area (Å²) < 4.78 is 0. The molecule has 6 nitrogen and oxygen atoms in total. The van der Waals surface area contributed by atoms with Gasteiger partial charge in [-0.05, 0) is 31.1 Å². The first-order valence-electron chi connectivity index (χ1n) is 4.49. The van der Waals surface area contributed by atoms with Crippen LogP contribution < -0.4 is 16.5 Å². The van der Waals surface area contributed by atoms with Crippen molar-refractivity contribution in [3.63, 3.8) is 0 Å². The van der Waals surface area contributed by atoms with Crippen molar-refractivity contribution in [2.75, 3.05) is 24.2 Å². The van der Waals surface area contributed by atoms with Crippen molar-refractivity contribution < 1.29 is 0 Å². The Kier molecular flexibility index (Phi) is 2.31. The molecule has 4 N–H and O–H groups in total. The van der Waals surface area contributed by atoms with Gasteiger partial charge in [0.25, 0.3) is 0 Å². The van der Waals surface area contributed by atoms with E-state index < -0.39 is 0 Å². The van der Waals surface area contributed by atoms with Gasteiger partial charge in [0, 0.05) is 6.04 Å². The molecule has 0 saturated carbocycles. The first-order valence-corrected chi connectivity index (χ1v) is 4.49. The van der Waals surface area contributed by atoms with Crippen molar-refractivity contribution in [2.45, 2.75) is 18.9 Å². The first kappa shape index (κ1) is 8.31. The molecule has 0 atom stereocenters. The average Bonchev–Trinajstić information content (AvgIpc) is 2.54. The highest BCUT2D eigenvalue weighted by Crippen LogP contribution is 2.09. The number of anilines is 1. The highest BCUT2D eigenvalue weighted by atomic mass is 15.6. The van der Waals surface area contributed by atoms with Crippen molar-refractivity contribution in [1.82, 2.24) is 20.4 Å². The van der Waals surface area contributed by atoms with Crippen LogP contribution in [-0.4, -0.2) is 34.2 Å².